The van der Waals surface area contributed by atoms with Gasteiger partial charge in [0.2, 0.25) is 0 Å². The van der Waals surface area contributed by atoms with Gasteiger partial charge in [-0.15, -0.1) is 12.4 Å². The number of nitrogens with zero attached hydrogens (tertiary/aromatic N) is 2. The fourth-order valence-electron chi connectivity index (χ4n) is 2.36. The molecule has 0 saturated heterocycles. The summed E-state index contributed by atoms with van der Waals surface area (Å²) >= 11 is 0. The Morgan fingerprint density at radius 3 is 2.62 bits per heavy atom. The Morgan fingerprint density at radius 1 is 1.19 bits per heavy atom. The zero-order chi connectivity index (χ0) is 17.9. The predicted molar refractivity (Wildman–Crippen MR) is 98.8 cm³/mol. The van der Waals surface area contributed by atoms with E-state index in [-0.39, 0.29) is 40.7 Å². The van der Waals surface area contributed by atoms with Gasteiger partial charge in [0.1, 0.15) is 0 Å². The third kappa shape index (κ3) is 4.51. The molecular formula is C17H20ClN3O4S. The minimum atomic E-state index is -3.49. The quantitative estimate of drug-likeness (QED) is 0.654. The third-order valence-corrected chi connectivity index (χ3v) is 5.52. The average Bonchev–Trinajstić information content (AvgIpc) is 3.24. The Bertz CT molecular complexity index is 938. The minimum absolute atomic E-state index is 0. The van der Waals surface area contributed by atoms with Crippen LogP contribution in [0, 0.1) is 0 Å². The van der Waals surface area contributed by atoms with Gasteiger partial charge < -0.3 is 14.3 Å². The van der Waals surface area contributed by atoms with Crippen LogP contribution in [0.25, 0.3) is 11.7 Å². The summed E-state index contributed by atoms with van der Waals surface area (Å²) in [5, 5.41) is 7.01. The summed E-state index contributed by atoms with van der Waals surface area (Å²) in [6.07, 6.45) is 2.02. The molecule has 1 N–H and O–H groups in total. The molecule has 0 amide bonds. The van der Waals surface area contributed by atoms with Crippen LogP contribution in [0.1, 0.15) is 18.3 Å². The fraction of sp³-hybridized carbons (Fsp3) is 0.294. The van der Waals surface area contributed by atoms with Crippen LogP contribution in [0.2, 0.25) is 0 Å². The number of aromatic nitrogens is 2. The van der Waals surface area contributed by atoms with Gasteiger partial charge in [0.05, 0.1) is 16.9 Å². The van der Waals surface area contributed by atoms with Gasteiger partial charge in [0, 0.05) is 18.0 Å². The first-order valence-corrected chi connectivity index (χ1v) is 9.49. The zero-order valence-corrected chi connectivity index (χ0v) is 16.0. The van der Waals surface area contributed by atoms with Gasteiger partial charge in [-0.3, -0.25) is 0 Å². The van der Waals surface area contributed by atoms with E-state index in [9.17, 15) is 8.42 Å². The van der Waals surface area contributed by atoms with E-state index in [4.69, 9.17) is 8.94 Å². The van der Waals surface area contributed by atoms with Gasteiger partial charge in [-0.25, -0.2) is 8.42 Å². The smallest absolute Gasteiger partial charge is 0.293 e. The van der Waals surface area contributed by atoms with Gasteiger partial charge in [0.25, 0.3) is 5.89 Å². The van der Waals surface area contributed by atoms with Gasteiger partial charge in [0.15, 0.2) is 21.4 Å². The summed E-state index contributed by atoms with van der Waals surface area (Å²) in [5.41, 5.74) is 0.487. The fourth-order valence-corrected chi connectivity index (χ4v) is 3.73. The van der Waals surface area contributed by atoms with Crippen molar-refractivity contribution in [1.82, 2.24) is 15.5 Å². The topological polar surface area (TPSA) is 98.2 Å². The number of likely N-dealkylation sites (N-methyl/N-ethyl adjacent to an activating group) is 1. The highest BCUT2D eigenvalue weighted by Gasteiger charge is 2.23. The molecule has 0 radical (unpaired) electrons. The van der Waals surface area contributed by atoms with E-state index in [2.05, 4.69) is 15.5 Å². The predicted octanol–water partition coefficient (Wildman–Crippen LogP) is 2.88. The van der Waals surface area contributed by atoms with E-state index < -0.39 is 9.84 Å². The zero-order valence-electron chi connectivity index (χ0n) is 14.4. The number of nitrogens with one attached hydrogen (secondary N) is 1. The Hall–Kier alpha value is -2.16. The summed E-state index contributed by atoms with van der Waals surface area (Å²) in [6.45, 7) is 2.00. The van der Waals surface area contributed by atoms with E-state index in [1.54, 1.807) is 36.4 Å². The lowest BCUT2D eigenvalue weighted by Crippen LogP contribution is -2.24. The number of furan rings is 1. The molecule has 2 aromatic heterocycles. The lowest BCUT2D eigenvalue weighted by atomic mass is 10.2. The number of sulfone groups is 1. The van der Waals surface area contributed by atoms with Crippen molar-refractivity contribution in [3.05, 3.63) is 54.0 Å². The van der Waals surface area contributed by atoms with Gasteiger partial charge in [-0.1, -0.05) is 23.4 Å². The lowest BCUT2D eigenvalue weighted by Gasteiger charge is -2.04. The summed E-state index contributed by atoms with van der Waals surface area (Å²) < 4.78 is 35.8. The van der Waals surface area contributed by atoms with Gasteiger partial charge >= 0.3 is 0 Å². The van der Waals surface area contributed by atoms with Crippen LogP contribution in [-0.4, -0.2) is 31.6 Å². The number of halogens is 1. The van der Waals surface area contributed by atoms with Crippen molar-refractivity contribution in [2.24, 2.45) is 0 Å². The summed E-state index contributed by atoms with van der Waals surface area (Å²) in [4.78, 5) is 4.56. The van der Waals surface area contributed by atoms with Crippen molar-refractivity contribution >= 4 is 22.2 Å². The SMILES string of the molecule is CNC(C)Cc1noc(-c2occc2CS(=O)(=O)c2ccccc2)n1.Cl. The van der Waals surface area contributed by atoms with Crippen molar-refractivity contribution in [2.75, 3.05) is 7.05 Å². The number of rotatable bonds is 7. The first kappa shape index (κ1) is 20.2. The Morgan fingerprint density at radius 2 is 1.92 bits per heavy atom. The van der Waals surface area contributed by atoms with Crippen LogP contribution >= 0.6 is 12.4 Å². The molecule has 0 aliphatic carbocycles. The largest absolute Gasteiger partial charge is 0.459 e. The highest BCUT2D eigenvalue weighted by Crippen LogP contribution is 2.27. The standard InChI is InChI=1S/C17H19N3O4S.ClH/c1-12(18-2)10-15-19-17(24-20-15)16-13(8-9-23-16)11-25(21,22)14-6-4-3-5-7-14;/h3-9,12,18H,10-11H2,1-2H3;1H. The molecule has 140 valence electrons. The summed E-state index contributed by atoms with van der Waals surface area (Å²) in [7, 11) is -1.64. The van der Waals surface area contributed by atoms with Gasteiger partial charge in [-0.05, 0) is 32.2 Å². The van der Waals surface area contributed by atoms with Crippen LogP contribution in [-0.2, 0) is 22.0 Å². The first-order chi connectivity index (χ1) is 12.0. The van der Waals surface area contributed by atoms with E-state index >= 15 is 0 Å². The molecule has 3 aromatic rings. The molecule has 2 heterocycles. The number of hydrogen-bond acceptors (Lipinski definition) is 7. The second kappa shape index (κ2) is 8.48. The Labute approximate surface area is 158 Å². The number of benzene rings is 1. The molecule has 1 unspecified atom stereocenters. The highest BCUT2D eigenvalue weighted by atomic mass is 35.5. The molecule has 1 atom stereocenters. The second-order valence-corrected chi connectivity index (χ2v) is 7.75. The maximum Gasteiger partial charge on any atom is 0.293 e. The molecule has 0 fully saturated rings. The van der Waals surface area contributed by atoms with Crippen molar-refractivity contribution in [2.45, 2.75) is 30.0 Å². The van der Waals surface area contributed by atoms with E-state index in [1.165, 1.54) is 6.26 Å². The van der Waals surface area contributed by atoms with Crippen molar-refractivity contribution < 1.29 is 17.4 Å². The molecule has 7 nitrogen and oxygen atoms in total. The average molecular weight is 398 g/mol. The molecule has 3 rings (SSSR count). The van der Waals surface area contributed by atoms with E-state index in [0.717, 1.165) is 0 Å². The molecule has 0 aliphatic rings. The first-order valence-electron chi connectivity index (χ1n) is 7.84. The number of hydrogen-bond donors (Lipinski definition) is 1. The van der Waals surface area contributed by atoms with Crippen LogP contribution in [0.5, 0.6) is 0 Å². The van der Waals surface area contributed by atoms with Crippen LogP contribution < -0.4 is 5.32 Å². The summed E-state index contributed by atoms with van der Waals surface area (Å²) in [5.74, 6) is 0.801. The maximum atomic E-state index is 12.6. The van der Waals surface area contributed by atoms with Crippen molar-refractivity contribution in [3.63, 3.8) is 0 Å². The van der Waals surface area contributed by atoms with Gasteiger partial charge in [-0.2, -0.15) is 4.98 Å². The van der Waals surface area contributed by atoms with E-state index in [0.29, 0.717) is 17.8 Å². The molecule has 0 spiro atoms. The maximum absolute atomic E-state index is 12.6. The lowest BCUT2D eigenvalue weighted by molar-refractivity contribution is 0.405. The molecule has 0 saturated carbocycles. The van der Waals surface area contributed by atoms with Crippen molar-refractivity contribution in [3.8, 4) is 11.7 Å². The molecular weight excluding hydrogens is 378 g/mol. The second-order valence-electron chi connectivity index (χ2n) is 5.76. The normalized spacial score (nSPS) is 12.5. The molecule has 9 heteroatoms. The summed E-state index contributed by atoms with van der Waals surface area (Å²) in [6, 6.07) is 10.1. The molecule has 0 aliphatic heterocycles. The van der Waals surface area contributed by atoms with E-state index in [1.807, 2.05) is 14.0 Å². The Kier molecular flexibility index (Phi) is 6.57. The molecule has 1 aromatic carbocycles. The minimum Gasteiger partial charge on any atom is -0.459 e. The van der Waals surface area contributed by atoms with Crippen LogP contribution in [0.15, 0.2) is 56.5 Å². The molecule has 26 heavy (non-hydrogen) atoms. The van der Waals surface area contributed by atoms with Crippen molar-refractivity contribution in [1.29, 1.82) is 0 Å². The third-order valence-electron chi connectivity index (χ3n) is 3.84. The monoisotopic (exact) mass is 397 g/mol. The molecule has 0 bridgehead atoms. The Balaban J connectivity index is 0.00000243. The van der Waals surface area contributed by atoms with Crippen LogP contribution in [0.3, 0.4) is 0 Å². The van der Waals surface area contributed by atoms with Crippen LogP contribution in [0.4, 0.5) is 0 Å². The highest BCUT2D eigenvalue weighted by molar-refractivity contribution is 7.90.